The van der Waals surface area contributed by atoms with Gasteiger partial charge in [-0.2, -0.15) is 0 Å². The molecule has 1 aliphatic heterocycles. The van der Waals surface area contributed by atoms with Gasteiger partial charge in [-0.1, -0.05) is 96.7 Å². The van der Waals surface area contributed by atoms with Crippen LogP contribution in [0.4, 0.5) is 34.1 Å². The second kappa shape index (κ2) is 13.8. The third-order valence-electron chi connectivity index (χ3n) is 12.2. The second-order valence-electron chi connectivity index (χ2n) is 15.5. The van der Waals surface area contributed by atoms with Crippen LogP contribution in [0.15, 0.2) is 229 Å². The molecule has 0 amide bonds. The first-order valence-corrected chi connectivity index (χ1v) is 21.1. The average Bonchev–Trinajstić information content (AvgIpc) is 3.57. The van der Waals surface area contributed by atoms with Crippen LogP contribution in [-0.4, -0.2) is 9.97 Å². The Kier molecular flexibility index (Phi) is 7.97. The largest absolute Gasteiger partial charge is 0.309 e. The van der Waals surface area contributed by atoms with E-state index >= 15 is 0 Å². The Morgan fingerprint density at radius 3 is 1.22 bits per heavy atom. The summed E-state index contributed by atoms with van der Waals surface area (Å²) in [5, 5.41) is 4.80. The molecule has 1 aliphatic carbocycles. The van der Waals surface area contributed by atoms with Crippen molar-refractivity contribution in [2.24, 2.45) is 0 Å². The van der Waals surface area contributed by atoms with Crippen molar-refractivity contribution >= 4 is 67.4 Å². The molecular formula is C55H36N4S. The molecule has 10 aromatic rings. The van der Waals surface area contributed by atoms with E-state index in [1.165, 1.54) is 64.7 Å². The first-order valence-electron chi connectivity index (χ1n) is 20.3. The Balaban J connectivity index is 1.12. The monoisotopic (exact) mass is 784 g/mol. The van der Waals surface area contributed by atoms with Gasteiger partial charge in [0.05, 0.1) is 29.2 Å². The van der Waals surface area contributed by atoms with Gasteiger partial charge < -0.3 is 9.80 Å². The highest BCUT2D eigenvalue weighted by Crippen LogP contribution is 2.63. The lowest BCUT2D eigenvalue weighted by Crippen LogP contribution is -2.31. The van der Waals surface area contributed by atoms with E-state index in [9.17, 15) is 0 Å². The summed E-state index contributed by atoms with van der Waals surface area (Å²) in [5.41, 5.74) is 13.7. The van der Waals surface area contributed by atoms with E-state index in [0.29, 0.717) is 0 Å². The molecule has 8 aromatic carbocycles. The van der Waals surface area contributed by atoms with Crippen LogP contribution in [0.3, 0.4) is 0 Å². The van der Waals surface area contributed by atoms with Gasteiger partial charge in [0.1, 0.15) is 0 Å². The average molecular weight is 785 g/mol. The fourth-order valence-electron chi connectivity index (χ4n) is 9.66. The maximum atomic E-state index is 4.51. The highest BCUT2D eigenvalue weighted by Gasteiger charge is 2.50. The first kappa shape index (κ1) is 34.6. The van der Waals surface area contributed by atoms with Gasteiger partial charge in [-0.3, -0.25) is 9.97 Å². The molecule has 0 radical (unpaired) electrons. The van der Waals surface area contributed by atoms with E-state index in [-0.39, 0.29) is 0 Å². The molecule has 0 saturated heterocycles. The van der Waals surface area contributed by atoms with Crippen molar-refractivity contribution in [1.82, 2.24) is 9.97 Å². The van der Waals surface area contributed by atoms with Crippen LogP contribution < -0.4 is 9.80 Å². The molecular weight excluding hydrogens is 749 g/mol. The van der Waals surface area contributed by atoms with E-state index in [2.05, 4.69) is 202 Å². The van der Waals surface area contributed by atoms with Gasteiger partial charge in [-0.25, -0.2) is 0 Å². The molecule has 4 nitrogen and oxygen atoms in total. The van der Waals surface area contributed by atoms with E-state index in [1.807, 2.05) is 48.7 Å². The Bertz CT molecular complexity index is 2950. The Labute approximate surface area is 353 Å². The fraction of sp³-hybridized carbons (Fsp3) is 0.0182. The Morgan fingerprint density at radius 1 is 0.333 bits per heavy atom. The van der Waals surface area contributed by atoms with Crippen molar-refractivity contribution in [2.75, 3.05) is 9.80 Å². The summed E-state index contributed by atoms with van der Waals surface area (Å²) in [6, 6.07) is 71.0. The van der Waals surface area contributed by atoms with Crippen LogP contribution in [0.1, 0.15) is 22.3 Å². The number of anilines is 6. The molecule has 2 aromatic heterocycles. The van der Waals surface area contributed by atoms with E-state index in [1.54, 1.807) is 0 Å². The van der Waals surface area contributed by atoms with Gasteiger partial charge in [0.25, 0.3) is 0 Å². The number of hydrogen-bond donors (Lipinski definition) is 0. The molecule has 12 rings (SSSR count). The highest BCUT2D eigenvalue weighted by atomic mass is 32.2. The molecule has 60 heavy (non-hydrogen) atoms. The third-order valence-corrected chi connectivity index (χ3v) is 13.3. The van der Waals surface area contributed by atoms with Gasteiger partial charge in [0.2, 0.25) is 0 Å². The lowest BCUT2D eigenvalue weighted by molar-refractivity contribution is 0.724. The zero-order valence-corrected chi connectivity index (χ0v) is 33.3. The number of pyridine rings is 2. The SMILES string of the molecule is c1ccc(N(c2cccnc2)c2ccc3cc4c(cc3c2)C2(c3ccccc3Sc3ccccc32)c2cc3cc(N(c5ccccc5)c5cccnc5)ccc3cc2-4)cc1. The van der Waals surface area contributed by atoms with Crippen molar-refractivity contribution in [3.63, 3.8) is 0 Å². The number of para-hydroxylation sites is 2. The standard InChI is InChI=1S/C55H36N4S/c1-3-13-41(14-4-1)58(45-17-11-27-56-35-45)43-25-23-37-31-47-48-32-38-24-26-44(59(42-15-5-2-6-16-42)46-18-12-28-57-36-46)30-40(38)34-52(48)55(51(47)33-39(37)29-43)49-19-7-9-21-53(49)60-54-22-10-8-20-50(54)55/h1-36H. The second-order valence-corrected chi connectivity index (χ2v) is 16.6. The summed E-state index contributed by atoms with van der Waals surface area (Å²) < 4.78 is 0. The lowest BCUT2D eigenvalue weighted by atomic mass is 9.67. The molecule has 0 atom stereocenters. The summed E-state index contributed by atoms with van der Waals surface area (Å²) in [4.78, 5) is 16.2. The number of nitrogens with zero attached hydrogens (tertiary/aromatic N) is 4. The molecule has 0 bridgehead atoms. The summed E-state index contributed by atoms with van der Waals surface area (Å²) in [6.07, 6.45) is 7.53. The quantitative estimate of drug-likeness (QED) is 0.168. The van der Waals surface area contributed by atoms with Gasteiger partial charge >= 0.3 is 0 Å². The van der Waals surface area contributed by atoms with Gasteiger partial charge in [0.15, 0.2) is 0 Å². The minimum Gasteiger partial charge on any atom is -0.309 e. The lowest BCUT2D eigenvalue weighted by Gasteiger charge is -2.39. The number of rotatable bonds is 6. The van der Waals surface area contributed by atoms with Crippen LogP contribution in [0.5, 0.6) is 0 Å². The summed E-state index contributed by atoms with van der Waals surface area (Å²) >= 11 is 1.88. The topological polar surface area (TPSA) is 32.3 Å². The fourth-order valence-corrected chi connectivity index (χ4v) is 10.8. The van der Waals surface area contributed by atoms with Crippen LogP contribution in [0, 0.1) is 0 Å². The van der Waals surface area contributed by atoms with Crippen molar-refractivity contribution in [1.29, 1.82) is 0 Å². The van der Waals surface area contributed by atoms with Crippen LogP contribution in [0.25, 0.3) is 32.7 Å². The summed E-state index contributed by atoms with van der Waals surface area (Å²) in [7, 11) is 0. The maximum absolute atomic E-state index is 4.51. The number of aromatic nitrogens is 2. The Hall–Kier alpha value is -7.47. The van der Waals surface area contributed by atoms with Gasteiger partial charge in [-0.15, -0.1) is 0 Å². The molecule has 282 valence electrons. The predicted molar refractivity (Wildman–Crippen MR) is 248 cm³/mol. The molecule has 0 N–H and O–H groups in total. The number of hydrogen-bond acceptors (Lipinski definition) is 5. The summed E-state index contributed by atoms with van der Waals surface area (Å²) in [6.45, 7) is 0. The molecule has 2 aliphatic rings. The zero-order valence-electron chi connectivity index (χ0n) is 32.5. The van der Waals surface area contributed by atoms with Gasteiger partial charge in [0, 0.05) is 44.9 Å². The maximum Gasteiger partial charge on any atom is 0.0735 e. The van der Waals surface area contributed by atoms with Crippen LogP contribution in [-0.2, 0) is 5.41 Å². The van der Waals surface area contributed by atoms with Crippen LogP contribution >= 0.6 is 11.8 Å². The van der Waals surface area contributed by atoms with E-state index < -0.39 is 5.41 Å². The predicted octanol–water partition coefficient (Wildman–Crippen LogP) is 14.6. The Morgan fingerprint density at radius 2 is 0.767 bits per heavy atom. The van der Waals surface area contributed by atoms with Gasteiger partial charge in [-0.05, 0) is 164 Å². The smallest absolute Gasteiger partial charge is 0.0735 e. The van der Waals surface area contributed by atoms with Crippen molar-refractivity contribution in [3.8, 4) is 11.1 Å². The molecule has 0 fully saturated rings. The molecule has 0 unspecified atom stereocenters. The van der Waals surface area contributed by atoms with Crippen molar-refractivity contribution < 1.29 is 0 Å². The van der Waals surface area contributed by atoms with Crippen molar-refractivity contribution in [3.05, 3.63) is 241 Å². The minimum atomic E-state index is -0.539. The molecule has 3 heterocycles. The van der Waals surface area contributed by atoms with Crippen molar-refractivity contribution in [2.45, 2.75) is 15.2 Å². The minimum absolute atomic E-state index is 0.539. The third kappa shape index (κ3) is 5.33. The first-order chi connectivity index (χ1) is 29.7. The van der Waals surface area contributed by atoms with E-state index in [0.717, 1.165) is 34.1 Å². The number of fused-ring (bicyclic) bond motifs is 11. The number of benzene rings is 8. The zero-order chi connectivity index (χ0) is 39.6. The normalized spacial score (nSPS) is 13.1. The molecule has 0 saturated carbocycles. The summed E-state index contributed by atoms with van der Waals surface area (Å²) in [5.74, 6) is 0. The van der Waals surface area contributed by atoms with Crippen LogP contribution in [0.2, 0.25) is 0 Å². The molecule has 1 spiro atoms. The molecule has 5 heteroatoms. The highest BCUT2D eigenvalue weighted by molar-refractivity contribution is 7.99. The van der Waals surface area contributed by atoms with E-state index in [4.69, 9.17) is 0 Å².